The summed E-state index contributed by atoms with van der Waals surface area (Å²) < 4.78 is 10.0. The molecule has 0 fully saturated rings. The summed E-state index contributed by atoms with van der Waals surface area (Å²) in [6, 6.07) is 16.0. The predicted octanol–water partition coefficient (Wildman–Crippen LogP) is 3.48. The Kier molecular flexibility index (Phi) is 5.03. The predicted molar refractivity (Wildman–Crippen MR) is 94.3 cm³/mol. The number of alkyl carbamates (subject to hydrolysis) is 1. The number of ether oxygens (including phenoxy) is 2. The van der Waals surface area contributed by atoms with Gasteiger partial charge in [0.2, 0.25) is 0 Å². The molecule has 3 rings (SSSR count). The third kappa shape index (κ3) is 3.65. The average molecular weight is 339 g/mol. The van der Waals surface area contributed by atoms with Crippen molar-refractivity contribution in [3.8, 4) is 11.1 Å². The van der Waals surface area contributed by atoms with Crippen molar-refractivity contribution < 1.29 is 19.1 Å². The normalized spacial score (nSPS) is 13.5. The van der Waals surface area contributed by atoms with Crippen LogP contribution < -0.4 is 5.32 Å². The van der Waals surface area contributed by atoms with E-state index in [0.717, 1.165) is 0 Å². The molecule has 5 heteroatoms. The van der Waals surface area contributed by atoms with Crippen LogP contribution in [0.4, 0.5) is 4.79 Å². The molecule has 0 saturated carbocycles. The van der Waals surface area contributed by atoms with Gasteiger partial charge in [-0.25, -0.2) is 4.79 Å². The van der Waals surface area contributed by atoms with E-state index in [2.05, 4.69) is 34.3 Å². The highest BCUT2D eigenvalue weighted by Gasteiger charge is 2.29. The van der Waals surface area contributed by atoms with Crippen molar-refractivity contribution in [1.82, 2.24) is 5.32 Å². The minimum atomic E-state index is -0.529. The van der Waals surface area contributed by atoms with Gasteiger partial charge in [-0.1, -0.05) is 48.5 Å². The Hall–Kier alpha value is -2.82. The Morgan fingerprint density at radius 2 is 1.60 bits per heavy atom. The van der Waals surface area contributed by atoms with Crippen LogP contribution in [0.25, 0.3) is 11.1 Å². The fraction of sp³-hybridized carbons (Fsp3) is 0.300. The van der Waals surface area contributed by atoms with Crippen LogP contribution in [-0.4, -0.2) is 31.8 Å². The van der Waals surface area contributed by atoms with Gasteiger partial charge >= 0.3 is 12.1 Å². The van der Waals surface area contributed by atoms with E-state index in [1.165, 1.54) is 29.4 Å². The van der Waals surface area contributed by atoms with Gasteiger partial charge in [0.25, 0.3) is 0 Å². The Morgan fingerprint density at radius 3 is 2.16 bits per heavy atom. The van der Waals surface area contributed by atoms with Crippen molar-refractivity contribution >= 4 is 12.1 Å². The third-order valence-corrected chi connectivity index (χ3v) is 4.41. The Labute approximate surface area is 147 Å². The van der Waals surface area contributed by atoms with E-state index in [9.17, 15) is 9.59 Å². The van der Waals surface area contributed by atoms with E-state index in [1.54, 1.807) is 6.92 Å². The maximum Gasteiger partial charge on any atom is 0.407 e. The maximum atomic E-state index is 12.0. The second-order valence-corrected chi connectivity index (χ2v) is 6.15. The number of esters is 1. The largest absolute Gasteiger partial charge is 0.469 e. The molecule has 0 radical (unpaired) electrons. The highest BCUT2D eigenvalue weighted by Crippen LogP contribution is 2.44. The summed E-state index contributed by atoms with van der Waals surface area (Å²) >= 11 is 0. The molecule has 2 aromatic carbocycles. The number of nitrogens with one attached hydrogen (secondary N) is 1. The van der Waals surface area contributed by atoms with Gasteiger partial charge in [0.15, 0.2) is 0 Å². The van der Waals surface area contributed by atoms with Crippen LogP contribution in [0.5, 0.6) is 0 Å². The van der Waals surface area contributed by atoms with Crippen molar-refractivity contribution in [3.05, 3.63) is 59.7 Å². The first-order valence-corrected chi connectivity index (χ1v) is 8.28. The number of rotatable bonds is 5. The standard InChI is InChI=1S/C20H21NO4/c1-13(11-19(22)24-2)21-20(23)25-12-18-16-9-5-3-7-14(16)15-8-4-6-10-17(15)18/h3-10,13,18H,11-12H2,1-2H3,(H,21,23)/t13-/m0/s1. The third-order valence-electron chi connectivity index (χ3n) is 4.41. The van der Waals surface area contributed by atoms with Crippen molar-refractivity contribution in [3.63, 3.8) is 0 Å². The summed E-state index contributed by atoms with van der Waals surface area (Å²) in [6.45, 7) is 1.99. The van der Waals surface area contributed by atoms with Crippen LogP contribution in [0.15, 0.2) is 48.5 Å². The van der Waals surface area contributed by atoms with Crippen LogP contribution in [0, 0.1) is 0 Å². The van der Waals surface area contributed by atoms with Crippen molar-refractivity contribution in [2.45, 2.75) is 25.3 Å². The molecule has 5 nitrogen and oxygen atoms in total. The molecular formula is C20H21NO4. The quantitative estimate of drug-likeness (QED) is 0.847. The van der Waals surface area contributed by atoms with Crippen molar-refractivity contribution in [1.29, 1.82) is 0 Å². The summed E-state index contributed by atoms with van der Waals surface area (Å²) in [5, 5.41) is 2.66. The van der Waals surface area contributed by atoms with Gasteiger partial charge in [-0.15, -0.1) is 0 Å². The summed E-state index contributed by atoms with van der Waals surface area (Å²) in [6.07, 6.45) is -0.418. The molecule has 0 spiro atoms. The molecule has 0 aromatic heterocycles. The zero-order valence-electron chi connectivity index (χ0n) is 14.3. The monoisotopic (exact) mass is 339 g/mol. The van der Waals surface area contributed by atoms with E-state index in [1.807, 2.05) is 24.3 Å². The SMILES string of the molecule is COC(=O)C[C@H](C)NC(=O)OCC1c2ccccc2-c2ccccc21. The number of methoxy groups -OCH3 is 1. The molecule has 25 heavy (non-hydrogen) atoms. The van der Waals surface area contributed by atoms with Crippen LogP contribution in [0.1, 0.15) is 30.4 Å². The summed E-state index contributed by atoms with van der Waals surface area (Å²) in [4.78, 5) is 23.2. The number of hydrogen-bond donors (Lipinski definition) is 1. The molecular weight excluding hydrogens is 318 g/mol. The van der Waals surface area contributed by atoms with Crippen LogP contribution >= 0.6 is 0 Å². The highest BCUT2D eigenvalue weighted by atomic mass is 16.5. The number of benzene rings is 2. The molecule has 2 aromatic rings. The van der Waals surface area contributed by atoms with Gasteiger partial charge in [-0.3, -0.25) is 4.79 Å². The van der Waals surface area contributed by atoms with E-state index >= 15 is 0 Å². The Morgan fingerprint density at radius 1 is 1.04 bits per heavy atom. The first-order chi connectivity index (χ1) is 12.1. The van der Waals surface area contributed by atoms with Gasteiger partial charge in [-0.05, 0) is 29.2 Å². The molecule has 0 bridgehead atoms. The zero-order chi connectivity index (χ0) is 17.8. The van der Waals surface area contributed by atoms with Crippen molar-refractivity contribution in [2.75, 3.05) is 13.7 Å². The van der Waals surface area contributed by atoms with Crippen molar-refractivity contribution in [2.24, 2.45) is 0 Å². The van der Waals surface area contributed by atoms with E-state index in [4.69, 9.17) is 4.74 Å². The lowest BCUT2D eigenvalue weighted by molar-refractivity contribution is -0.141. The molecule has 1 N–H and O–H groups in total. The molecule has 0 aliphatic heterocycles. The number of carbonyl (C=O) groups excluding carboxylic acids is 2. The van der Waals surface area contributed by atoms with Gasteiger partial charge in [-0.2, -0.15) is 0 Å². The highest BCUT2D eigenvalue weighted by molar-refractivity contribution is 5.79. The fourth-order valence-electron chi connectivity index (χ4n) is 3.23. The van der Waals surface area contributed by atoms with Gasteiger partial charge in [0, 0.05) is 12.0 Å². The van der Waals surface area contributed by atoms with Gasteiger partial charge in [0.1, 0.15) is 6.61 Å². The average Bonchev–Trinajstić information content (AvgIpc) is 2.93. The van der Waals surface area contributed by atoms with E-state index < -0.39 is 6.09 Å². The minimum absolute atomic E-state index is 0.0223. The Balaban J connectivity index is 1.65. The zero-order valence-corrected chi connectivity index (χ0v) is 14.3. The first kappa shape index (κ1) is 17.0. The lowest BCUT2D eigenvalue weighted by Crippen LogP contribution is -2.35. The minimum Gasteiger partial charge on any atom is -0.469 e. The molecule has 1 atom stereocenters. The van der Waals surface area contributed by atoms with Gasteiger partial charge in [0.05, 0.1) is 13.5 Å². The second kappa shape index (κ2) is 7.38. The molecule has 1 aliphatic rings. The number of carbonyl (C=O) groups is 2. The number of hydrogen-bond acceptors (Lipinski definition) is 4. The maximum absolute atomic E-state index is 12.0. The van der Waals surface area contributed by atoms with E-state index in [0.29, 0.717) is 0 Å². The molecule has 0 unspecified atom stereocenters. The summed E-state index contributed by atoms with van der Waals surface area (Å²) in [5.74, 6) is -0.347. The molecule has 0 heterocycles. The Bertz CT molecular complexity index is 741. The molecule has 130 valence electrons. The molecule has 0 saturated heterocycles. The van der Waals surface area contributed by atoms with Crippen LogP contribution in [0.3, 0.4) is 0 Å². The fourth-order valence-corrected chi connectivity index (χ4v) is 3.23. The molecule has 1 amide bonds. The summed E-state index contributed by atoms with van der Waals surface area (Å²) in [7, 11) is 1.32. The van der Waals surface area contributed by atoms with Crippen LogP contribution in [-0.2, 0) is 14.3 Å². The topological polar surface area (TPSA) is 64.6 Å². The smallest absolute Gasteiger partial charge is 0.407 e. The first-order valence-electron chi connectivity index (χ1n) is 8.28. The second-order valence-electron chi connectivity index (χ2n) is 6.15. The van der Waals surface area contributed by atoms with E-state index in [-0.39, 0.29) is 31.0 Å². The summed E-state index contributed by atoms with van der Waals surface area (Å²) in [5.41, 5.74) is 4.70. The van der Waals surface area contributed by atoms with Gasteiger partial charge < -0.3 is 14.8 Å². The van der Waals surface area contributed by atoms with Crippen LogP contribution in [0.2, 0.25) is 0 Å². The molecule has 1 aliphatic carbocycles. The lowest BCUT2D eigenvalue weighted by atomic mass is 9.98. The number of fused-ring (bicyclic) bond motifs is 3. The lowest BCUT2D eigenvalue weighted by Gasteiger charge is -2.16. The number of amides is 1.